The molecule has 2 aliphatic carbocycles. The Morgan fingerprint density at radius 3 is 2.65 bits per heavy atom. The lowest BCUT2D eigenvalue weighted by Gasteiger charge is -2.64. The third-order valence-electron chi connectivity index (χ3n) is 9.55. The van der Waals surface area contributed by atoms with Crippen molar-refractivity contribution in [3.8, 4) is 11.5 Å². The molecule has 0 bridgehead atoms. The molecule has 2 heterocycles. The number of hydrogen-bond acceptors (Lipinski definition) is 5. The minimum absolute atomic E-state index is 0.0985. The van der Waals surface area contributed by atoms with Gasteiger partial charge in [0.1, 0.15) is 17.1 Å². The molecule has 1 aromatic carbocycles. The molecule has 1 spiro atoms. The number of hydrogen-bond donors (Lipinski definition) is 3. The molecule has 31 heavy (non-hydrogen) atoms. The summed E-state index contributed by atoms with van der Waals surface area (Å²) in [6.07, 6.45) is 4.06. The second-order valence-corrected chi connectivity index (χ2v) is 11.2. The van der Waals surface area contributed by atoms with E-state index >= 15 is 0 Å². The summed E-state index contributed by atoms with van der Waals surface area (Å²) >= 11 is 0. The maximum Gasteiger partial charge on any atom is 0.254 e. The highest BCUT2D eigenvalue weighted by atomic mass is 16.5. The van der Waals surface area contributed by atoms with Crippen LogP contribution in [0.25, 0.3) is 0 Å². The second-order valence-electron chi connectivity index (χ2n) is 11.2. The smallest absolute Gasteiger partial charge is 0.254 e. The molecule has 6 nitrogen and oxygen atoms in total. The predicted octanol–water partition coefficient (Wildman–Crippen LogP) is 3.25. The average Bonchev–Trinajstić information content (AvgIpc) is 3.25. The maximum atomic E-state index is 12.8. The number of phenolic OH excluding ortho intramolecular Hbond substituents is 1. The van der Waals surface area contributed by atoms with Crippen LogP contribution in [0.5, 0.6) is 11.5 Å². The van der Waals surface area contributed by atoms with Gasteiger partial charge in [-0.2, -0.15) is 0 Å². The minimum atomic E-state index is -0.448. The van der Waals surface area contributed by atoms with Crippen LogP contribution in [0.15, 0.2) is 6.07 Å². The number of carbonyl (C=O) groups is 1. The molecular formula is C25H35NO5. The summed E-state index contributed by atoms with van der Waals surface area (Å²) in [5, 5.41) is 31.2. The van der Waals surface area contributed by atoms with Crippen LogP contribution in [-0.4, -0.2) is 51.0 Å². The molecule has 1 aromatic rings. The molecule has 4 aliphatic rings. The number of amides is 1. The van der Waals surface area contributed by atoms with Crippen molar-refractivity contribution < 1.29 is 24.9 Å². The Bertz CT molecular complexity index is 942. The monoisotopic (exact) mass is 429 g/mol. The van der Waals surface area contributed by atoms with Gasteiger partial charge in [0.2, 0.25) is 0 Å². The number of carbonyl (C=O) groups excluding carboxylic acids is 1. The highest BCUT2D eigenvalue weighted by Gasteiger charge is 2.67. The van der Waals surface area contributed by atoms with Crippen molar-refractivity contribution in [3.05, 3.63) is 22.8 Å². The molecule has 1 amide bonds. The zero-order chi connectivity index (χ0) is 22.3. The van der Waals surface area contributed by atoms with E-state index in [0.29, 0.717) is 41.7 Å². The average molecular weight is 430 g/mol. The first-order chi connectivity index (χ1) is 14.6. The number of fused-ring (bicyclic) bond motifs is 4. The second kappa shape index (κ2) is 6.61. The van der Waals surface area contributed by atoms with E-state index in [9.17, 15) is 20.1 Å². The van der Waals surface area contributed by atoms with Gasteiger partial charge < -0.3 is 25.0 Å². The van der Waals surface area contributed by atoms with Crippen LogP contribution in [-0.2, 0) is 13.0 Å². The number of aliphatic hydroxyl groups excluding tert-OH is 2. The van der Waals surface area contributed by atoms with Gasteiger partial charge in [0, 0.05) is 29.5 Å². The van der Waals surface area contributed by atoms with Gasteiger partial charge in [0.15, 0.2) is 0 Å². The van der Waals surface area contributed by atoms with E-state index in [1.165, 1.54) is 0 Å². The van der Waals surface area contributed by atoms with E-state index in [4.69, 9.17) is 4.74 Å². The van der Waals surface area contributed by atoms with Gasteiger partial charge in [-0.3, -0.25) is 4.79 Å². The fourth-order valence-electron chi connectivity index (χ4n) is 7.61. The molecule has 2 aliphatic heterocycles. The summed E-state index contributed by atoms with van der Waals surface area (Å²) in [6.45, 7) is 9.44. The Morgan fingerprint density at radius 1 is 1.19 bits per heavy atom. The number of rotatable bonds is 2. The third kappa shape index (κ3) is 2.55. The Hall–Kier alpha value is -1.79. The highest BCUT2D eigenvalue weighted by molar-refractivity contribution is 6.00. The first-order valence-electron chi connectivity index (χ1n) is 11.7. The fourth-order valence-corrected chi connectivity index (χ4v) is 7.61. The van der Waals surface area contributed by atoms with Gasteiger partial charge in [0.25, 0.3) is 5.91 Å². The van der Waals surface area contributed by atoms with Crippen LogP contribution in [0.1, 0.15) is 74.9 Å². The first kappa shape index (κ1) is 21.1. The Morgan fingerprint density at radius 2 is 1.94 bits per heavy atom. The van der Waals surface area contributed by atoms with Crippen LogP contribution in [0, 0.1) is 22.7 Å². The Balaban J connectivity index is 1.57. The summed E-state index contributed by atoms with van der Waals surface area (Å²) < 4.78 is 6.84. The first-order valence-corrected chi connectivity index (χ1v) is 11.7. The van der Waals surface area contributed by atoms with Gasteiger partial charge >= 0.3 is 0 Å². The maximum absolute atomic E-state index is 12.8. The molecule has 6 heteroatoms. The lowest BCUT2D eigenvalue weighted by molar-refractivity contribution is -0.210. The van der Waals surface area contributed by atoms with Gasteiger partial charge in [-0.05, 0) is 49.0 Å². The lowest BCUT2D eigenvalue weighted by atomic mass is 9.43. The molecule has 170 valence electrons. The molecular weight excluding hydrogens is 394 g/mol. The number of nitrogens with zero attached hydrogens (tertiary/aromatic N) is 1. The summed E-state index contributed by atoms with van der Waals surface area (Å²) in [7, 11) is 0. The fraction of sp³-hybridized carbons (Fsp3) is 0.720. The summed E-state index contributed by atoms with van der Waals surface area (Å²) in [5.41, 5.74) is 1.19. The number of phenols is 1. The molecule has 5 rings (SSSR count). The Labute approximate surface area is 184 Å². The highest BCUT2D eigenvalue weighted by Crippen LogP contribution is 2.66. The van der Waals surface area contributed by atoms with Gasteiger partial charge in [-0.15, -0.1) is 0 Å². The summed E-state index contributed by atoms with van der Waals surface area (Å²) in [5.74, 6) is 1.29. The van der Waals surface area contributed by atoms with Crippen LogP contribution in [0.2, 0.25) is 0 Å². The van der Waals surface area contributed by atoms with Crippen LogP contribution >= 0.6 is 0 Å². The molecule has 5 atom stereocenters. The van der Waals surface area contributed by atoms with Gasteiger partial charge in [0.05, 0.1) is 24.8 Å². The predicted molar refractivity (Wildman–Crippen MR) is 116 cm³/mol. The van der Waals surface area contributed by atoms with E-state index in [2.05, 4.69) is 27.7 Å². The summed E-state index contributed by atoms with van der Waals surface area (Å²) in [6, 6.07) is 1.82. The van der Waals surface area contributed by atoms with E-state index in [0.717, 1.165) is 31.2 Å². The van der Waals surface area contributed by atoms with Gasteiger partial charge in [-0.1, -0.05) is 27.7 Å². The van der Waals surface area contributed by atoms with Crippen molar-refractivity contribution in [1.82, 2.24) is 4.90 Å². The van der Waals surface area contributed by atoms with Crippen LogP contribution < -0.4 is 4.74 Å². The largest absolute Gasteiger partial charge is 0.507 e. The molecule has 0 saturated heterocycles. The SMILES string of the molecule is C[C@@H]1CC[C@H]2C(C)(C)[C@H](O)CC[C@]2(C)[C@]12Cc1c(cc3c(c1O)CN(CCO)C3=O)O2. The van der Waals surface area contributed by atoms with Crippen molar-refractivity contribution in [3.63, 3.8) is 0 Å². The lowest BCUT2D eigenvalue weighted by Crippen LogP contribution is -2.66. The van der Waals surface area contributed by atoms with E-state index in [1.54, 1.807) is 4.90 Å². The molecule has 0 unspecified atom stereocenters. The van der Waals surface area contributed by atoms with Crippen molar-refractivity contribution >= 4 is 5.91 Å². The Kier molecular flexibility index (Phi) is 4.49. The molecule has 0 aromatic heterocycles. The molecule has 2 fully saturated rings. The zero-order valence-electron chi connectivity index (χ0n) is 19.1. The molecule has 3 N–H and O–H groups in total. The van der Waals surface area contributed by atoms with E-state index in [1.807, 2.05) is 6.07 Å². The number of ether oxygens (including phenoxy) is 1. The van der Waals surface area contributed by atoms with Crippen LogP contribution in [0.3, 0.4) is 0 Å². The topological polar surface area (TPSA) is 90.2 Å². The molecule has 0 radical (unpaired) electrons. The number of benzene rings is 1. The standard InChI is InChI=1S/C25H35NO5/c1-14-5-6-19-23(2,3)20(28)7-8-24(19,4)25(14)12-16-18(31-25)11-15-17(21(16)29)13-26(9-10-27)22(15)30/h11,14,19-20,27-29H,5-10,12-13H2,1-4H3/t14-,19+,20-,24+,25+/m1/s1. The van der Waals surface area contributed by atoms with Crippen molar-refractivity contribution in [1.29, 1.82) is 0 Å². The number of aromatic hydroxyl groups is 1. The summed E-state index contributed by atoms with van der Waals surface area (Å²) in [4.78, 5) is 14.4. The van der Waals surface area contributed by atoms with Crippen LogP contribution in [0.4, 0.5) is 0 Å². The molecule has 2 saturated carbocycles. The van der Waals surface area contributed by atoms with E-state index < -0.39 is 5.60 Å². The number of β-amino-alcohol motifs (C(OH)–C–C–N with tert-alkyl or cyclic N) is 1. The number of aliphatic hydroxyl groups is 2. The zero-order valence-corrected chi connectivity index (χ0v) is 19.1. The van der Waals surface area contributed by atoms with Crippen molar-refractivity contribution in [2.24, 2.45) is 22.7 Å². The third-order valence-corrected chi connectivity index (χ3v) is 9.55. The quantitative estimate of drug-likeness (QED) is 0.671. The van der Waals surface area contributed by atoms with Crippen molar-refractivity contribution in [2.75, 3.05) is 13.2 Å². The van der Waals surface area contributed by atoms with Gasteiger partial charge in [-0.25, -0.2) is 0 Å². The normalized spacial score (nSPS) is 38.1. The van der Waals surface area contributed by atoms with Crippen molar-refractivity contribution in [2.45, 2.75) is 78.0 Å². The minimum Gasteiger partial charge on any atom is -0.507 e. The van der Waals surface area contributed by atoms with E-state index in [-0.39, 0.29) is 41.7 Å².